The van der Waals surface area contributed by atoms with Crippen molar-refractivity contribution in [2.45, 2.75) is 23.9 Å². The number of nitrogen functional groups attached to an aromatic ring is 1. The van der Waals surface area contributed by atoms with Crippen molar-refractivity contribution in [3.8, 4) is 5.75 Å². The van der Waals surface area contributed by atoms with Gasteiger partial charge in [-0.2, -0.15) is 0 Å². The van der Waals surface area contributed by atoms with E-state index in [0.29, 0.717) is 16.7 Å². The highest BCUT2D eigenvalue weighted by atomic mass is 32.2. The van der Waals surface area contributed by atoms with Gasteiger partial charge in [-0.15, -0.1) is 10.2 Å². The van der Waals surface area contributed by atoms with Crippen LogP contribution in [0.15, 0.2) is 84.0 Å². The smallest absolute Gasteiger partial charge is 0.242 e. The predicted octanol–water partition coefficient (Wildman–Crippen LogP) is 4.49. The molecule has 3 aromatic carbocycles. The lowest BCUT2D eigenvalue weighted by Gasteiger charge is -2.16. The van der Waals surface area contributed by atoms with Gasteiger partial charge in [0, 0.05) is 5.69 Å². The van der Waals surface area contributed by atoms with Crippen molar-refractivity contribution < 1.29 is 13.9 Å². The van der Waals surface area contributed by atoms with Crippen molar-refractivity contribution in [2.24, 2.45) is 0 Å². The number of nitrogens with zero attached hydrogens (tertiary/aromatic N) is 3. The molecule has 1 aromatic heterocycles. The average molecular weight is 464 g/mol. The van der Waals surface area contributed by atoms with Gasteiger partial charge in [0.25, 0.3) is 0 Å². The number of aryl methyl sites for hydroxylation is 1. The fraction of sp³-hybridized carbons (Fsp3) is 0.125. The first-order chi connectivity index (χ1) is 16.0. The van der Waals surface area contributed by atoms with Crippen LogP contribution >= 0.6 is 11.8 Å². The van der Waals surface area contributed by atoms with Crippen molar-refractivity contribution in [2.75, 3.05) is 11.2 Å². The number of para-hydroxylation sites is 1. The van der Waals surface area contributed by atoms with Crippen molar-refractivity contribution in [3.05, 3.63) is 102 Å². The highest BCUT2D eigenvalue weighted by Crippen LogP contribution is 2.35. The number of halogens is 1. The Kier molecular flexibility index (Phi) is 6.89. The van der Waals surface area contributed by atoms with Gasteiger partial charge in [-0.3, -0.25) is 4.79 Å². The third-order valence-corrected chi connectivity index (χ3v) is 6.02. The molecule has 0 saturated heterocycles. The first kappa shape index (κ1) is 22.3. The quantitative estimate of drug-likeness (QED) is 0.295. The number of rotatable bonds is 8. The van der Waals surface area contributed by atoms with Gasteiger partial charge in [-0.1, -0.05) is 71.9 Å². The monoisotopic (exact) mass is 463 g/mol. The predicted molar refractivity (Wildman–Crippen MR) is 126 cm³/mol. The molecule has 0 aliphatic heterocycles. The molecule has 0 saturated carbocycles. The largest absolute Gasteiger partial charge is 0.482 e. The number of ether oxygens (including phenoxy) is 1. The fourth-order valence-electron chi connectivity index (χ4n) is 3.04. The maximum atomic E-state index is 13.8. The summed E-state index contributed by atoms with van der Waals surface area (Å²) < 4.78 is 20.5. The van der Waals surface area contributed by atoms with Crippen molar-refractivity contribution in [3.63, 3.8) is 0 Å². The van der Waals surface area contributed by atoms with Crippen LogP contribution in [-0.4, -0.2) is 20.8 Å². The summed E-state index contributed by atoms with van der Waals surface area (Å²) in [6, 6.07) is 23.0. The highest BCUT2D eigenvalue weighted by Gasteiger charge is 2.25. The molecule has 1 amide bonds. The fourth-order valence-corrected chi connectivity index (χ4v) is 4.02. The molecule has 0 bridgehead atoms. The van der Waals surface area contributed by atoms with Crippen LogP contribution in [0.3, 0.4) is 0 Å². The third-order valence-electron chi connectivity index (χ3n) is 4.81. The first-order valence-electron chi connectivity index (χ1n) is 10.2. The second kappa shape index (κ2) is 10.2. The Balaban J connectivity index is 1.52. The molecule has 0 fully saturated rings. The number of benzene rings is 3. The number of thioether (sulfide) groups is 1. The molecule has 9 heteroatoms. The van der Waals surface area contributed by atoms with E-state index in [4.69, 9.17) is 10.6 Å². The van der Waals surface area contributed by atoms with E-state index in [1.54, 1.807) is 12.1 Å². The number of carbonyl (C=O) groups is 1. The highest BCUT2D eigenvalue weighted by molar-refractivity contribution is 8.00. The molecular formula is C24H22FN5O2S. The topological polar surface area (TPSA) is 95.1 Å². The number of hydrogen-bond acceptors (Lipinski definition) is 6. The second-order valence-electron chi connectivity index (χ2n) is 7.25. The Morgan fingerprint density at radius 1 is 1.06 bits per heavy atom. The van der Waals surface area contributed by atoms with Crippen LogP contribution in [-0.2, 0) is 11.4 Å². The van der Waals surface area contributed by atoms with E-state index < -0.39 is 11.1 Å². The minimum absolute atomic E-state index is 0.0729. The van der Waals surface area contributed by atoms with Gasteiger partial charge in [0.1, 0.15) is 11.9 Å². The lowest BCUT2D eigenvalue weighted by atomic mass is 10.1. The van der Waals surface area contributed by atoms with Crippen LogP contribution in [0.2, 0.25) is 0 Å². The van der Waals surface area contributed by atoms with Gasteiger partial charge >= 0.3 is 0 Å². The zero-order valence-corrected chi connectivity index (χ0v) is 18.6. The summed E-state index contributed by atoms with van der Waals surface area (Å²) >= 11 is 1.17. The molecule has 7 nitrogen and oxygen atoms in total. The second-order valence-corrected chi connectivity index (χ2v) is 8.32. The molecule has 1 heterocycles. The molecule has 33 heavy (non-hydrogen) atoms. The van der Waals surface area contributed by atoms with Crippen molar-refractivity contribution in [1.82, 2.24) is 14.9 Å². The number of hydrogen-bond donors (Lipinski definition) is 2. The minimum Gasteiger partial charge on any atom is -0.482 e. The maximum Gasteiger partial charge on any atom is 0.242 e. The van der Waals surface area contributed by atoms with Gasteiger partial charge in [-0.25, -0.2) is 9.07 Å². The summed E-state index contributed by atoms with van der Waals surface area (Å²) in [5.74, 6) is 5.86. The Bertz CT molecular complexity index is 1230. The van der Waals surface area contributed by atoms with Crippen molar-refractivity contribution in [1.29, 1.82) is 0 Å². The standard InChI is InChI=1S/C24H22FN5O2S/c1-16-11-13-18(14-12-16)27-23(31)22(17-7-3-2-4-8-17)33-24-29-28-21(30(24)26)15-32-20-10-6-5-9-19(20)25/h2-14,22H,15,26H2,1H3,(H,27,31). The van der Waals surface area contributed by atoms with E-state index in [1.165, 1.54) is 28.6 Å². The van der Waals surface area contributed by atoms with Crippen LogP contribution in [0.4, 0.5) is 10.1 Å². The van der Waals surface area contributed by atoms with Crippen LogP contribution < -0.4 is 15.9 Å². The molecule has 0 spiro atoms. The van der Waals surface area contributed by atoms with Gasteiger partial charge in [0.15, 0.2) is 17.4 Å². The molecule has 0 aliphatic carbocycles. The number of amides is 1. The Labute approximate surface area is 194 Å². The zero-order chi connectivity index (χ0) is 23.2. The van der Waals surface area contributed by atoms with Gasteiger partial charge in [0.05, 0.1) is 0 Å². The molecule has 0 aliphatic rings. The van der Waals surface area contributed by atoms with E-state index in [0.717, 1.165) is 11.1 Å². The first-order valence-corrected chi connectivity index (χ1v) is 11.0. The van der Waals surface area contributed by atoms with Gasteiger partial charge in [-0.05, 0) is 36.8 Å². The maximum absolute atomic E-state index is 13.8. The summed E-state index contributed by atoms with van der Waals surface area (Å²) in [6.45, 7) is 1.91. The van der Waals surface area contributed by atoms with Crippen LogP contribution in [0.5, 0.6) is 5.75 Å². The lowest BCUT2D eigenvalue weighted by Crippen LogP contribution is -2.21. The lowest BCUT2D eigenvalue weighted by molar-refractivity contribution is -0.115. The molecular weight excluding hydrogens is 441 g/mol. The number of nitrogens with one attached hydrogen (secondary N) is 1. The normalized spacial score (nSPS) is 11.7. The van der Waals surface area contributed by atoms with Gasteiger partial charge in [0.2, 0.25) is 11.1 Å². The van der Waals surface area contributed by atoms with E-state index in [9.17, 15) is 9.18 Å². The van der Waals surface area contributed by atoms with E-state index in [-0.39, 0.29) is 18.3 Å². The van der Waals surface area contributed by atoms with E-state index in [2.05, 4.69) is 15.5 Å². The molecule has 4 rings (SSSR count). The number of carbonyl (C=O) groups excluding carboxylic acids is 1. The number of aromatic nitrogens is 3. The summed E-state index contributed by atoms with van der Waals surface area (Å²) in [5, 5.41) is 10.8. The summed E-state index contributed by atoms with van der Waals surface area (Å²) in [6.07, 6.45) is 0. The molecule has 1 unspecified atom stereocenters. The van der Waals surface area contributed by atoms with Crippen LogP contribution in [0.25, 0.3) is 0 Å². The van der Waals surface area contributed by atoms with Crippen LogP contribution in [0, 0.1) is 12.7 Å². The minimum atomic E-state index is -0.626. The molecule has 1 atom stereocenters. The average Bonchev–Trinajstić information content (AvgIpc) is 3.18. The number of anilines is 1. The molecule has 0 radical (unpaired) electrons. The molecule has 3 N–H and O–H groups in total. The van der Waals surface area contributed by atoms with Gasteiger partial charge < -0.3 is 15.9 Å². The van der Waals surface area contributed by atoms with E-state index in [1.807, 2.05) is 61.5 Å². The summed E-state index contributed by atoms with van der Waals surface area (Å²) in [4.78, 5) is 13.2. The van der Waals surface area contributed by atoms with E-state index >= 15 is 0 Å². The summed E-state index contributed by atoms with van der Waals surface area (Å²) in [7, 11) is 0. The number of nitrogens with two attached hydrogens (primary N) is 1. The Morgan fingerprint density at radius 2 is 1.76 bits per heavy atom. The third kappa shape index (κ3) is 5.50. The van der Waals surface area contributed by atoms with Crippen LogP contribution in [0.1, 0.15) is 22.2 Å². The molecule has 4 aromatic rings. The zero-order valence-electron chi connectivity index (χ0n) is 17.8. The Morgan fingerprint density at radius 3 is 2.48 bits per heavy atom. The molecule has 168 valence electrons. The SMILES string of the molecule is Cc1ccc(NC(=O)C(Sc2nnc(COc3ccccc3F)n2N)c2ccccc2)cc1. The Hall–Kier alpha value is -3.85. The summed E-state index contributed by atoms with van der Waals surface area (Å²) in [5.41, 5.74) is 2.59. The van der Waals surface area contributed by atoms with Crippen molar-refractivity contribution >= 4 is 23.4 Å².